The zero-order valence-electron chi connectivity index (χ0n) is 23.2. The fourth-order valence-electron chi connectivity index (χ4n) is 7.34. The van der Waals surface area contributed by atoms with Gasteiger partial charge < -0.3 is 13.6 Å². The van der Waals surface area contributed by atoms with Crippen molar-refractivity contribution in [1.82, 2.24) is 9.13 Å². The van der Waals surface area contributed by atoms with E-state index in [1.807, 2.05) is 0 Å². The summed E-state index contributed by atoms with van der Waals surface area (Å²) in [5.74, 6) is 0. The molecule has 0 radical (unpaired) electrons. The second-order valence-electron chi connectivity index (χ2n) is 11.3. The number of furan rings is 1. The van der Waals surface area contributed by atoms with Gasteiger partial charge in [0.1, 0.15) is 11.2 Å². The van der Waals surface area contributed by atoms with Crippen LogP contribution in [-0.4, -0.2) is 9.13 Å². The van der Waals surface area contributed by atoms with Gasteiger partial charge in [-0.05, 0) is 53.9 Å². The van der Waals surface area contributed by atoms with Gasteiger partial charge in [0.05, 0.1) is 27.5 Å². The molecule has 0 amide bonds. The summed E-state index contributed by atoms with van der Waals surface area (Å²) < 4.78 is 11.5. The van der Waals surface area contributed by atoms with Crippen molar-refractivity contribution in [3.05, 3.63) is 146 Å². The van der Waals surface area contributed by atoms with Crippen molar-refractivity contribution in [2.75, 3.05) is 0 Å². The van der Waals surface area contributed by atoms with E-state index in [-0.39, 0.29) is 0 Å². The first-order valence-corrected chi connectivity index (χ1v) is 14.7. The molecule has 0 bridgehead atoms. The predicted octanol–water partition coefficient (Wildman–Crippen LogP) is 10.9. The predicted molar refractivity (Wildman–Crippen MR) is 180 cm³/mol. The van der Waals surface area contributed by atoms with Crippen LogP contribution in [0.4, 0.5) is 0 Å². The first-order valence-electron chi connectivity index (χ1n) is 14.7. The number of rotatable bonds is 2. The third-order valence-corrected chi connectivity index (χ3v) is 9.08. The number of para-hydroxylation sites is 4. The number of hydrogen-bond acceptors (Lipinski definition) is 1. The highest BCUT2D eigenvalue weighted by Gasteiger charge is 2.23. The van der Waals surface area contributed by atoms with Crippen molar-refractivity contribution in [2.45, 2.75) is 0 Å². The fourth-order valence-corrected chi connectivity index (χ4v) is 7.34. The molecule has 0 aliphatic rings. The lowest BCUT2D eigenvalue weighted by atomic mass is 9.99. The summed E-state index contributed by atoms with van der Waals surface area (Å²) in [7, 11) is 0. The Morgan fingerprint density at radius 2 is 0.977 bits per heavy atom. The van der Waals surface area contributed by atoms with Gasteiger partial charge in [0, 0.05) is 43.7 Å². The molecular weight excluding hydrogens is 524 g/mol. The van der Waals surface area contributed by atoms with Gasteiger partial charge in [-0.3, -0.25) is 0 Å². The highest BCUT2D eigenvalue weighted by molar-refractivity contribution is 6.35. The van der Waals surface area contributed by atoms with Gasteiger partial charge in [0.15, 0.2) is 0 Å². The normalized spacial score (nSPS) is 12.2. The maximum Gasteiger partial charge on any atom is 0.146 e. The maximum absolute atomic E-state index is 6.69. The molecule has 10 rings (SSSR count). The van der Waals surface area contributed by atoms with Crippen LogP contribution in [0.1, 0.15) is 0 Å². The summed E-state index contributed by atoms with van der Waals surface area (Å²) in [6.07, 6.45) is 0. The third-order valence-electron chi connectivity index (χ3n) is 9.08. The second kappa shape index (κ2) is 8.37. The van der Waals surface area contributed by atoms with Gasteiger partial charge >= 0.3 is 0 Å². The number of nitrogens with zero attached hydrogens (tertiary/aromatic N) is 2. The number of aromatic nitrogens is 2. The van der Waals surface area contributed by atoms with Crippen molar-refractivity contribution in [3.63, 3.8) is 0 Å². The molecule has 0 saturated heterocycles. The van der Waals surface area contributed by atoms with Crippen LogP contribution in [0.15, 0.2) is 150 Å². The number of hydrogen-bond donors (Lipinski definition) is 0. The Kier molecular flexibility index (Phi) is 4.45. The molecule has 10 aromatic rings. The van der Waals surface area contributed by atoms with Gasteiger partial charge in [-0.2, -0.15) is 0 Å². The summed E-state index contributed by atoms with van der Waals surface area (Å²) in [5, 5.41) is 9.60. The van der Waals surface area contributed by atoms with E-state index < -0.39 is 0 Å². The minimum absolute atomic E-state index is 0.919. The summed E-state index contributed by atoms with van der Waals surface area (Å²) in [6.45, 7) is 0. The van der Waals surface area contributed by atoms with E-state index in [0.29, 0.717) is 0 Å². The van der Waals surface area contributed by atoms with E-state index >= 15 is 0 Å². The summed E-state index contributed by atoms with van der Waals surface area (Å²) in [6, 6.07) is 52.2. The fraction of sp³-hybridized carbons (Fsp3) is 0. The molecule has 3 aromatic heterocycles. The molecule has 0 spiro atoms. The van der Waals surface area contributed by atoms with Crippen molar-refractivity contribution in [2.24, 2.45) is 0 Å². The Hall–Kier alpha value is -5.80. The quantitative estimate of drug-likeness (QED) is 0.211. The van der Waals surface area contributed by atoms with E-state index in [0.717, 1.165) is 33.3 Å². The van der Waals surface area contributed by atoms with Crippen LogP contribution in [0.3, 0.4) is 0 Å². The number of fused-ring (bicyclic) bond motifs is 13. The van der Waals surface area contributed by atoms with Crippen LogP contribution in [0.2, 0.25) is 0 Å². The lowest BCUT2D eigenvalue weighted by Gasteiger charge is -2.12. The van der Waals surface area contributed by atoms with Crippen LogP contribution < -0.4 is 0 Å². The summed E-state index contributed by atoms with van der Waals surface area (Å²) in [4.78, 5) is 0. The van der Waals surface area contributed by atoms with Crippen LogP contribution >= 0.6 is 0 Å². The van der Waals surface area contributed by atoms with Crippen LogP contribution in [0, 0.1) is 0 Å². The minimum Gasteiger partial charge on any atom is -0.455 e. The Morgan fingerprint density at radius 3 is 1.79 bits per heavy atom. The average molecular weight is 549 g/mol. The molecule has 0 atom stereocenters. The molecule has 0 unspecified atom stereocenters. The summed E-state index contributed by atoms with van der Waals surface area (Å²) in [5.41, 5.74) is 8.91. The van der Waals surface area contributed by atoms with Crippen molar-refractivity contribution < 1.29 is 4.42 Å². The Morgan fingerprint density at radius 1 is 0.372 bits per heavy atom. The first-order chi connectivity index (χ1) is 21.4. The van der Waals surface area contributed by atoms with Crippen LogP contribution in [0.25, 0.3) is 87.7 Å². The van der Waals surface area contributed by atoms with E-state index in [2.05, 4.69) is 155 Å². The Bertz CT molecular complexity index is 2720. The first kappa shape index (κ1) is 22.8. The summed E-state index contributed by atoms with van der Waals surface area (Å²) >= 11 is 0. The van der Waals surface area contributed by atoms with E-state index in [1.54, 1.807) is 0 Å². The monoisotopic (exact) mass is 548 g/mol. The highest BCUT2D eigenvalue weighted by atomic mass is 16.3. The van der Waals surface area contributed by atoms with E-state index in [4.69, 9.17) is 4.42 Å². The van der Waals surface area contributed by atoms with Crippen molar-refractivity contribution >= 4 is 76.3 Å². The highest BCUT2D eigenvalue weighted by Crippen LogP contribution is 2.46. The SMILES string of the molecule is c1ccc(-n2c3ccccc3c3cc(-n4c5ccccc5c5c6oc7ccccc7c6c6ccccc6c54)ccc32)cc1. The topological polar surface area (TPSA) is 23.0 Å². The van der Waals surface area contributed by atoms with Crippen molar-refractivity contribution in [1.29, 1.82) is 0 Å². The van der Waals surface area contributed by atoms with Gasteiger partial charge in [-0.25, -0.2) is 0 Å². The molecule has 0 aliphatic heterocycles. The van der Waals surface area contributed by atoms with Gasteiger partial charge in [0.25, 0.3) is 0 Å². The lowest BCUT2D eigenvalue weighted by Crippen LogP contribution is -1.96. The molecule has 3 heteroatoms. The van der Waals surface area contributed by atoms with Crippen LogP contribution in [-0.2, 0) is 0 Å². The molecular formula is C40H24N2O. The molecule has 0 saturated carbocycles. The zero-order valence-corrected chi connectivity index (χ0v) is 23.2. The van der Waals surface area contributed by atoms with Gasteiger partial charge in [-0.1, -0.05) is 97.1 Å². The Labute approximate surface area is 246 Å². The number of benzene rings is 7. The average Bonchev–Trinajstić information content (AvgIpc) is 3.73. The molecule has 0 aliphatic carbocycles. The van der Waals surface area contributed by atoms with E-state index in [1.165, 1.54) is 54.4 Å². The van der Waals surface area contributed by atoms with Gasteiger partial charge in [-0.15, -0.1) is 0 Å². The second-order valence-corrected chi connectivity index (χ2v) is 11.3. The van der Waals surface area contributed by atoms with Gasteiger partial charge in [0.2, 0.25) is 0 Å². The third kappa shape index (κ3) is 2.98. The van der Waals surface area contributed by atoms with Crippen molar-refractivity contribution in [3.8, 4) is 11.4 Å². The molecule has 0 N–H and O–H groups in total. The molecule has 7 aromatic carbocycles. The minimum atomic E-state index is 0.919. The molecule has 0 fully saturated rings. The smallest absolute Gasteiger partial charge is 0.146 e. The van der Waals surface area contributed by atoms with Crippen LogP contribution in [0.5, 0.6) is 0 Å². The molecule has 43 heavy (non-hydrogen) atoms. The Balaban J connectivity index is 1.39. The standard InChI is InChI=1S/C40H24N2O/c1-2-12-25(13-3-1)41-33-19-9-6-14-27(33)32-24-26(22-23-35(32)41)42-34-20-10-7-17-30(34)38-39(42)29-16-5-4-15-28(29)37-31-18-8-11-21-36(31)43-40(37)38/h1-24H. The lowest BCUT2D eigenvalue weighted by molar-refractivity contribution is 0.673. The van der Waals surface area contributed by atoms with E-state index in [9.17, 15) is 0 Å². The molecule has 200 valence electrons. The largest absolute Gasteiger partial charge is 0.455 e. The molecule has 3 nitrogen and oxygen atoms in total. The maximum atomic E-state index is 6.69. The molecule has 3 heterocycles. The zero-order chi connectivity index (χ0) is 28.1.